The molecule has 0 aromatic heterocycles. The lowest BCUT2D eigenvalue weighted by Gasteiger charge is -2.26. The fraction of sp³-hybridized carbons (Fsp3) is 0.147. The van der Waals surface area contributed by atoms with E-state index in [1.54, 1.807) is 48.5 Å². The molecule has 1 heterocycles. The van der Waals surface area contributed by atoms with Gasteiger partial charge in [0.15, 0.2) is 0 Å². The molecule has 7 nitrogen and oxygen atoms in total. The molecule has 1 fully saturated rings. The predicted molar refractivity (Wildman–Crippen MR) is 166 cm³/mol. The van der Waals surface area contributed by atoms with Crippen LogP contribution >= 0.6 is 15.9 Å². The maximum atomic E-state index is 13.1. The Labute approximate surface area is 252 Å². The molecule has 4 amide bonds. The van der Waals surface area contributed by atoms with Crippen molar-refractivity contribution in [3.8, 4) is 11.5 Å². The van der Waals surface area contributed by atoms with Crippen LogP contribution in [0.1, 0.15) is 30.5 Å². The first-order valence-electron chi connectivity index (χ1n) is 13.4. The summed E-state index contributed by atoms with van der Waals surface area (Å²) in [4.78, 5) is 38.8. The van der Waals surface area contributed by atoms with E-state index < -0.39 is 17.8 Å². The van der Waals surface area contributed by atoms with E-state index >= 15 is 0 Å². The van der Waals surface area contributed by atoms with Crippen molar-refractivity contribution in [3.63, 3.8) is 0 Å². The largest absolute Gasteiger partial charge is 0.490 e. The number of carbonyl (C=O) groups excluding carboxylic acids is 3. The molecule has 1 saturated heterocycles. The summed E-state index contributed by atoms with van der Waals surface area (Å²) in [6, 6.07) is 31.3. The number of benzene rings is 4. The lowest BCUT2D eigenvalue weighted by atomic mass is 9.78. The van der Waals surface area contributed by atoms with Gasteiger partial charge in [0.2, 0.25) is 0 Å². The first-order chi connectivity index (χ1) is 20.2. The van der Waals surface area contributed by atoms with Crippen LogP contribution in [0.5, 0.6) is 11.5 Å². The van der Waals surface area contributed by atoms with Gasteiger partial charge in [-0.2, -0.15) is 0 Å². The average molecular weight is 626 g/mol. The molecule has 0 aliphatic carbocycles. The van der Waals surface area contributed by atoms with E-state index in [1.165, 1.54) is 17.2 Å². The van der Waals surface area contributed by atoms with Crippen LogP contribution < -0.4 is 19.7 Å². The molecular weight excluding hydrogens is 596 g/mol. The van der Waals surface area contributed by atoms with Crippen molar-refractivity contribution >= 4 is 45.5 Å². The third kappa shape index (κ3) is 6.44. The molecule has 0 saturated carbocycles. The Kier molecular flexibility index (Phi) is 8.54. The van der Waals surface area contributed by atoms with Gasteiger partial charge in [0.1, 0.15) is 30.3 Å². The number of nitrogens with zero attached hydrogens (tertiary/aromatic N) is 1. The smallest absolute Gasteiger partial charge is 0.335 e. The molecule has 5 rings (SSSR count). The number of anilines is 1. The summed E-state index contributed by atoms with van der Waals surface area (Å²) in [6.45, 7) is 5.11. The molecule has 212 valence electrons. The number of imide groups is 2. The summed E-state index contributed by atoms with van der Waals surface area (Å²) in [7, 11) is 0. The topological polar surface area (TPSA) is 84.9 Å². The first kappa shape index (κ1) is 28.8. The predicted octanol–water partition coefficient (Wildman–Crippen LogP) is 6.90. The minimum atomic E-state index is -0.789. The van der Waals surface area contributed by atoms with Crippen molar-refractivity contribution in [2.75, 3.05) is 18.1 Å². The molecule has 4 aromatic carbocycles. The molecule has 0 spiro atoms. The Morgan fingerprint density at radius 1 is 0.738 bits per heavy atom. The lowest BCUT2D eigenvalue weighted by molar-refractivity contribution is -0.122. The Morgan fingerprint density at radius 2 is 1.29 bits per heavy atom. The minimum absolute atomic E-state index is 0.116. The van der Waals surface area contributed by atoms with Crippen molar-refractivity contribution in [1.82, 2.24) is 5.32 Å². The van der Waals surface area contributed by atoms with Crippen LogP contribution in [0, 0.1) is 0 Å². The summed E-state index contributed by atoms with van der Waals surface area (Å²) in [5.41, 5.74) is 3.17. The molecule has 0 bridgehead atoms. The number of barbiturate groups is 1. The van der Waals surface area contributed by atoms with Gasteiger partial charge in [-0.3, -0.25) is 14.9 Å². The van der Waals surface area contributed by atoms with E-state index in [0.717, 1.165) is 15.1 Å². The number of ether oxygens (including phenoxy) is 2. The van der Waals surface area contributed by atoms with Crippen LogP contribution in [0.15, 0.2) is 113 Å². The Hall–Kier alpha value is -4.69. The van der Waals surface area contributed by atoms with Crippen molar-refractivity contribution in [2.24, 2.45) is 0 Å². The highest BCUT2D eigenvalue weighted by molar-refractivity contribution is 9.10. The fourth-order valence-corrected chi connectivity index (χ4v) is 4.88. The summed E-state index contributed by atoms with van der Waals surface area (Å²) in [5, 5.41) is 2.23. The van der Waals surface area contributed by atoms with Crippen molar-refractivity contribution < 1.29 is 23.9 Å². The second-order valence-corrected chi connectivity index (χ2v) is 11.1. The zero-order valence-electron chi connectivity index (χ0n) is 23.2. The molecule has 0 atom stereocenters. The fourth-order valence-electron chi connectivity index (χ4n) is 4.62. The number of hydrogen-bond acceptors (Lipinski definition) is 5. The van der Waals surface area contributed by atoms with E-state index in [9.17, 15) is 14.4 Å². The van der Waals surface area contributed by atoms with Crippen LogP contribution in [0.3, 0.4) is 0 Å². The minimum Gasteiger partial charge on any atom is -0.490 e. The van der Waals surface area contributed by atoms with Crippen LogP contribution in [-0.4, -0.2) is 31.1 Å². The van der Waals surface area contributed by atoms with Crippen molar-refractivity contribution in [3.05, 3.63) is 130 Å². The van der Waals surface area contributed by atoms with Crippen LogP contribution in [0.4, 0.5) is 10.5 Å². The van der Waals surface area contributed by atoms with Crippen molar-refractivity contribution in [1.29, 1.82) is 0 Å². The number of hydrogen-bond donors (Lipinski definition) is 1. The number of amides is 4. The van der Waals surface area contributed by atoms with Gasteiger partial charge in [-0.05, 0) is 71.3 Å². The van der Waals surface area contributed by atoms with E-state index in [2.05, 4.69) is 71.5 Å². The molecule has 4 aromatic rings. The monoisotopic (exact) mass is 624 g/mol. The lowest BCUT2D eigenvalue weighted by Crippen LogP contribution is -2.54. The van der Waals surface area contributed by atoms with Gasteiger partial charge >= 0.3 is 6.03 Å². The summed E-state index contributed by atoms with van der Waals surface area (Å²) >= 11 is 3.33. The van der Waals surface area contributed by atoms with Gasteiger partial charge in [-0.15, -0.1) is 0 Å². The second-order valence-electron chi connectivity index (χ2n) is 10.2. The third-order valence-corrected chi connectivity index (χ3v) is 7.60. The second kappa shape index (κ2) is 12.4. The highest BCUT2D eigenvalue weighted by Gasteiger charge is 2.36. The van der Waals surface area contributed by atoms with Gasteiger partial charge in [-0.1, -0.05) is 84.4 Å². The molecule has 0 unspecified atom stereocenters. The van der Waals surface area contributed by atoms with Gasteiger partial charge in [0.05, 0.1) is 5.69 Å². The van der Waals surface area contributed by atoms with E-state index in [4.69, 9.17) is 9.47 Å². The number of nitrogens with one attached hydrogen (secondary N) is 1. The number of urea groups is 1. The number of carbonyl (C=O) groups is 3. The van der Waals surface area contributed by atoms with Crippen LogP contribution in [0.2, 0.25) is 0 Å². The summed E-state index contributed by atoms with van der Waals surface area (Å²) in [6.07, 6.45) is 1.45. The van der Waals surface area contributed by atoms with E-state index in [1.807, 2.05) is 18.2 Å². The molecule has 1 aliphatic heterocycles. The quantitative estimate of drug-likeness (QED) is 0.124. The van der Waals surface area contributed by atoms with Gasteiger partial charge in [0.25, 0.3) is 11.8 Å². The SMILES string of the molecule is CC(C)(c1ccccc1)c1ccc(OCCOc2ccc(/C=C3/C(=O)NC(=O)N(c4ccc(Br)cc4)C3=O)cc2)cc1. The Balaban J connectivity index is 1.15. The maximum Gasteiger partial charge on any atom is 0.335 e. The van der Waals surface area contributed by atoms with Crippen LogP contribution in [-0.2, 0) is 15.0 Å². The first-order valence-corrected chi connectivity index (χ1v) is 14.2. The molecule has 0 radical (unpaired) electrons. The van der Waals surface area contributed by atoms with Gasteiger partial charge < -0.3 is 9.47 Å². The van der Waals surface area contributed by atoms with E-state index in [-0.39, 0.29) is 11.0 Å². The maximum absolute atomic E-state index is 13.1. The van der Waals surface area contributed by atoms with E-state index in [0.29, 0.717) is 30.2 Å². The zero-order chi connectivity index (χ0) is 29.7. The molecule has 42 heavy (non-hydrogen) atoms. The third-order valence-electron chi connectivity index (χ3n) is 7.07. The average Bonchev–Trinajstić information content (AvgIpc) is 3.00. The number of rotatable bonds is 9. The summed E-state index contributed by atoms with van der Waals surface area (Å²) in [5.74, 6) is -0.0567. The summed E-state index contributed by atoms with van der Waals surface area (Å²) < 4.78 is 12.5. The van der Waals surface area contributed by atoms with Gasteiger partial charge in [0, 0.05) is 9.89 Å². The number of halogens is 1. The molecule has 1 aliphatic rings. The van der Waals surface area contributed by atoms with Gasteiger partial charge in [-0.25, -0.2) is 9.69 Å². The highest BCUT2D eigenvalue weighted by atomic mass is 79.9. The standard InChI is InChI=1S/C34H29BrN2O5/c1-34(2,24-6-4-3-5-7-24)25-10-18-29(19-11-25)42-21-20-41-28-16-8-23(9-17-28)22-30-31(38)36-33(40)37(32(30)39)27-14-12-26(35)13-15-27/h3-19,22H,20-21H2,1-2H3,(H,36,38,40)/b30-22-. The highest BCUT2D eigenvalue weighted by Crippen LogP contribution is 2.32. The van der Waals surface area contributed by atoms with Crippen LogP contribution in [0.25, 0.3) is 6.08 Å². The van der Waals surface area contributed by atoms with Crippen molar-refractivity contribution in [2.45, 2.75) is 19.3 Å². The Bertz CT molecular complexity index is 1610. The molecule has 8 heteroatoms. The Morgan fingerprint density at radius 3 is 1.88 bits per heavy atom. The molecule has 1 N–H and O–H groups in total. The molecular formula is C34H29BrN2O5. The normalized spacial score (nSPS) is 14.6. The zero-order valence-corrected chi connectivity index (χ0v) is 24.8.